The van der Waals surface area contributed by atoms with Gasteiger partial charge in [0.1, 0.15) is 0 Å². The van der Waals surface area contributed by atoms with Gasteiger partial charge in [-0.1, -0.05) is 0 Å². The molecule has 0 aliphatic rings. The van der Waals surface area contributed by atoms with Crippen LogP contribution in [0.15, 0.2) is 0 Å². The summed E-state index contributed by atoms with van der Waals surface area (Å²) in [6.07, 6.45) is 1.50. The summed E-state index contributed by atoms with van der Waals surface area (Å²) < 4.78 is 0. The van der Waals surface area contributed by atoms with Gasteiger partial charge >= 0.3 is 0 Å². The molecule has 0 N–H and O–H groups in total. The Kier molecular flexibility index (Phi) is 2360. The Hall–Kier alpha value is 1.05. The fourth-order valence-electron chi connectivity index (χ4n) is 0. The van der Waals surface area contributed by atoms with Crippen molar-refractivity contribution in [2.45, 2.75) is 6.92 Å². The van der Waals surface area contributed by atoms with Crippen LogP contribution in [0.1, 0.15) is 6.92 Å². The molecule has 0 atom stereocenters. The molecule has 0 aromatic carbocycles. The predicted molar refractivity (Wildman–Crippen MR) is 43.4 cm³/mol. The van der Waals surface area contributed by atoms with Crippen LogP contribution in [0.3, 0.4) is 0 Å². The summed E-state index contributed by atoms with van der Waals surface area (Å²) in [6, 6.07) is 0. The zero-order chi connectivity index (χ0) is 2.71. The number of carbonyl (C=O) groups excluding carboxylic acids is 1. The molecule has 0 spiro atoms. The third-order valence-electron chi connectivity index (χ3n) is 0. The van der Waals surface area contributed by atoms with E-state index in [1.807, 2.05) is 0 Å². The van der Waals surface area contributed by atoms with Crippen LogP contribution in [0.2, 0.25) is 0 Å². The first-order valence-corrected chi connectivity index (χ1v) is 0.704. The Morgan fingerprint density at radius 1 is 0.800 bits per heavy atom. The minimum absolute atomic E-state index is 0. The standard InChI is InChI=1S/C2H3O.5CH3.2Pt/c1-2-3;;;;;;;/h1H3;5*1H3;;/q6*-1;;. The van der Waals surface area contributed by atoms with Gasteiger partial charge in [-0.05, 0) is 0 Å². The molecule has 0 heterocycles. The van der Waals surface area contributed by atoms with Crippen molar-refractivity contribution in [3.05, 3.63) is 37.1 Å². The maximum Gasteiger partial charge on any atom is 0 e. The van der Waals surface area contributed by atoms with Gasteiger partial charge < -0.3 is 41.9 Å². The van der Waals surface area contributed by atoms with Crippen LogP contribution in [-0.4, -0.2) is 6.29 Å². The van der Waals surface area contributed by atoms with Crippen LogP contribution in [-0.2, 0) is 46.9 Å². The molecule has 0 amide bonds. The van der Waals surface area contributed by atoms with Gasteiger partial charge in [0.25, 0.3) is 0 Å². The molecule has 0 saturated carbocycles. The zero-order valence-electron chi connectivity index (χ0n) is 7.54. The van der Waals surface area contributed by atoms with E-state index in [0.717, 1.165) is 0 Å². The number of rotatable bonds is 0. The second-order valence-corrected chi connectivity index (χ2v) is 0.204. The molecule has 78 valence electrons. The molecule has 0 aliphatic heterocycles. The molecule has 0 radical (unpaired) electrons. The van der Waals surface area contributed by atoms with Crippen molar-refractivity contribution in [2.24, 2.45) is 0 Å². The number of hydrogen-bond donors (Lipinski definition) is 0. The third kappa shape index (κ3) is 535. The Morgan fingerprint density at radius 3 is 0.800 bits per heavy atom. The van der Waals surface area contributed by atoms with Gasteiger partial charge in [0.15, 0.2) is 0 Å². The van der Waals surface area contributed by atoms with Gasteiger partial charge in [0.2, 0.25) is 0 Å². The molecule has 0 bridgehead atoms. The monoisotopic (exact) mass is 508 g/mol. The molecule has 0 saturated heterocycles. The van der Waals surface area contributed by atoms with Crippen molar-refractivity contribution in [1.82, 2.24) is 0 Å². The van der Waals surface area contributed by atoms with E-state index in [9.17, 15) is 0 Å². The van der Waals surface area contributed by atoms with Gasteiger partial charge in [0, 0.05) is 42.1 Å². The molecule has 0 unspecified atom stereocenters. The van der Waals surface area contributed by atoms with Crippen molar-refractivity contribution >= 4 is 6.29 Å². The summed E-state index contributed by atoms with van der Waals surface area (Å²) >= 11 is 0. The number of hydrogen-bond acceptors (Lipinski definition) is 1. The van der Waals surface area contributed by atoms with E-state index in [1.165, 1.54) is 13.2 Å². The first kappa shape index (κ1) is 120. The van der Waals surface area contributed by atoms with Crippen LogP contribution < -0.4 is 0 Å². The van der Waals surface area contributed by atoms with Crippen LogP contribution >= 0.6 is 0 Å². The fourth-order valence-corrected chi connectivity index (χ4v) is 0. The van der Waals surface area contributed by atoms with Crippen LogP contribution in [0.5, 0.6) is 0 Å². The van der Waals surface area contributed by atoms with E-state index in [0.29, 0.717) is 0 Å². The average Bonchev–Trinajstić information content (AvgIpc) is 0.918. The Bertz CT molecular complexity index is 19.1. The molecule has 3 heteroatoms. The summed E-state index contributed by atoms with van der Waals surface area (Å²) in [5.74, 6) is 0. The van der Waals surface area contributed by atoms with Gasteiger partial charge in [-0.2, -0.15) is 6.92 Å². The second kappa shape index (κ2) is 196. The SMILES string of the molecule is C[C-]=O.[CH3-].[CH3-].[CH3-].[CH3-].[CH3-].[Pt].[Pt]. The summed E-state index contributed by atoms with van der Waals surface area (Å²) in [5, 5.41) is 0. The van der Waals surface area contributed by atoms with Crippen LogP contribution in [0, 0.1) is 37.1 Å². The molecule has 1 nitrogen and oxygen atoms in total. The normalized spacial score (nSPS) is 1.30. The predicted octanol–water partition coefficient (Wildman–Crippen LogP) is 2.36. The van der Waals surface area contributed by atoms with Crippen LogP contribution in [0.25, 0.3) is 0 Å². The van der Waals surface area contributed by atoms with Gasteiger partial charge in [0.05, 0.1) is 0 Å². The van der Waals surface area contributed by atoms with E-state index in [2.05, 4.69) is 0 Å². The molecule has 10 heavy (non-hydrogen) atoms. The van der Waals surface area contributed by atoms with Crippen molar-refractivity contribution < 1.29 is 46.9 Å². The maximum absolute atomic E-state index is 8.68. The average molecular weight is 508 g/mol. The van der Waals surface area contributed by atoms with Gasteiger partial charge in [-0.15, -0.1) is 0 Å². The van der Waals surface area contributed by atoms with Crippen molar-refractivity contribution in [3.8, 4) is 0 Å². The molecule has 0 aliphatic carbocycles. The smallest absolute Gasteiger partial charge is 0 e. The first-order valence-electron chi connectivity index (χ1n) is 0.704. The van der Waals surface area contributed by atoms with Crippen molar-refractivity contribution in [3.63, 3.8) is 0 Å². The van der Waals surface area contributed by atoms with E-state index in [1.54, 1.807) is 0 Å². The van der Waals surface area contributed by atoms with E-state index in [-0.39, 0.29) is 79.3 Å². The summed E-state index contributed by atoms with van der Waals surface area (Å²) in [6.45, 7) is 1.32. The third-order valence-corrected chi connectivity index (χ3v) is 0. The minimum atomic E-state index is 0. The molecular weight excluding hydrogens is 490 g/mol. The quantitative estimate of drug-likeness (QED) is 0.460. The Labute approximate surface area is 96.9 Å². The maximum atomic E-state index is 8.68. The van der Waals surface area contributed by atoms with Crippen molar-refractivity contribution in [2.75, 3.05) is 0 Å². The van der Waals surface area contributed by atoms with E-state index < -0.39 is 0 Å². The molecule has 0 aromatic rings. The zero-order valence-corrected chi connectivity index (χ0v) is 12.1. The van der Waals surface area contributed by atoms with E-state index >= 15 is 0 Å². The Balaban J connectivity index is -0.000000000952. The topological polar surface area (TPSA) is 17.1 Å². The minimum Gasteiger partial charge on any atom is -0.542 e. The molecule has 0 fully saturated rings. The largest absolute Gasteiger partial charge is 0.542 e. The molecular formula is C7H18OPt2-6. The van der Waals surface area contributed by atoms with Crippen LogP contribution in [0.4, 0.5) is 0 Å². The van der Waals surface area contributed by atoms with Gasteiger partial charge in [-0.3, -0.25) is 6.29 Å². The molecule has 0 rings (SSSR count). The van der Waals surface area contributed by atoms with Crippen molar-refractivity contribution in [1.29, 1.82) is 0 Å². The summed E-state index contributed by atoms with van der Waals surface area (Å²) in [7, 11) is 0. The summed E-state index contributed by atoms with van der Waals surface area (Å²) in [5.41, 5.74) is 0. The first-order chi connectivity index (χ1) is 1.41. The van der Waals surface area contributed by atoms with E-state index in [4.69, 9.17) is 4.79 Å². The van der Waals surface area contributed by atoms with Gasteiger partial charge in [-0.25, -0.2) is 0 Å². The molecule has 0 aromatic heterocycles. The fraction of sp³-hybridized carbons (Fsp3) is 0.143. The second-order valence-electron chi connectivity index (χ2n) is 0.204. The Morgan fingerprint density at radius 2 is 0.800 bits per heavy atom. The summed E-state index contributed by atoms with van der Waals surface area (Å²) in [4.78, 5) is 8.68.